The molecule has 0 aliphatic carbocycles. The second kappa shape index (κ2) is 9.11. The van der Waals surface area contributed by atoms with E-state index in [2.05, 4.69) is 19.9 Å². The normalized spacial score (nSPS) is 13.8. The number of anilines is 3. The number of fused-ring (bicyclic) bond motifs is 1. The summed E-state index contributed by atoms with van der Waals surface area (Å²) in [5.41, 5.74) is 3.72. The van der Waals surface area contributed by atoms with E-state index in [9.17, 15) is 4.79 Å². The molecule has 4 aromatic rings. The van der Waals surface area contributed by atoms with Crippen molar-refractivity contribution in [1.82, 2.24) is 15.0 Å². The van der Waals surface area contributed by atoms with Crippen LogP contribution in [0.25, 0.3) is 11.2 Å². The van der Waals surface area contributed by atoms with Crippen molar-refractivity contribution in [3.05, 3.63) is 65.5 Å². The zero-order valence-electron chi connectivity index (χ0n) is 19.5. The first-order chi connectivity index (χ1) is 16.5. The number of nitrogens with one attached hydrogen (secondary N) is 2. The van der Waals surface area contributed by atoms with Crippen LogP contribution in [0.4, 0.5) is 17.5 Å². The minimum absolute atomic E-state index is 0.167. The molecule has 9 heteroatoms. The maximum Gasteiger partial charge on any atom is 0.354 e. The summed E-state index contributed by atoms with van der Waals surface area (Å²) in [5, 5.41) is 0. The maximum absolute atomic E-state index is 13.2. The molecule has 2 aromatic heterocycles. The van der Waals surface area contributed by atoms with Gasteiger partial charge in [0.25, 0.3) is 0 Å². The first kappa shape index (κ1) is 21.8. The number of aromatic amines is 2. The lowest BCUT2D eigenvalue weighted by Crippen LogP contribution is -2.40. The fraction of sp³-hybridized carbons (Fsp3) is 0.280. The highest BCUT2D eigenvalue weighted by Crippen LogP contribution is 2.27. The van der Waals surface area contributed by atoms with Crippen LogP contribution in [0.15, 0.2) is 48.5 Å². The highest BCUT2D eigenvalue weighted by Gasteiger charge is 2.27. The van der Waals surface area contributed by atoms with Crippen molar-refractivity contribution in [1.29, 1.82) is 0 Å². The van der Waals surface area contributed by atoms with E-state index in [0.717, 1.165) is 35.9 Å². The van der Waals surface area contributed by atoms with Gasteiger partial charge in [0.2, 0.25) is 17.2 Å². The molecular formula is C25H27N6O3+. The number of H-pyrrole nitrogens is 2. The summed E-state index contributed by atoms with van der Waals surface area (Å²) < 4.78 is 10.8. The summed E-state index contributed by atoms with van der Waals surface area (Å²) >= 11 is 0. The second-order valence-electron chi connectivity index (χ2n) is 8.25. The fourth-order valence-corrected chi connectivity index (χ4v) is 4.05. The van der Waals surface area contributed by atoms with E-state index in [1.807, 2.05) is 61.3 Å². The molecule has 0 amide bonds. The number of hydrogen-bond acceptors (Lipinski definition) is 7. The van der Waals surface area contributed by atoms with Crippen molar-refractivity contribution in [2.24, 2.45) is 0 Å². The highest BCUT2D eigenvalue weighted by atomic mass is 16.5. The Bertz CT molecular complexity index is 1330. The zero-order chi connectivity index (χ0) is 23.7. The van der Waals surface area contributed by atoms with Crippen LogP contribution in [-0.4, -0.2) is 61.2 Å². The van der Waals surface area contributed by atoms with Gasteiger partial charge in [0, 0.05) is 12.6 Å². The van der Waals surface area contributed by atoms with Gasteiger partial charge in [-0.1, -0.05) is 28.7 Å². The Kier molecular flexibility index (Phi) is 5.85. The van der Waals surface area contributed by atoms with E-state index in [0.29, 0.717) is 35.9 Å². The minimum atomic E-state index is -0.167. The lowest BCUT2D eigenvalue weighted by Gasteiger charge is -2.25. The Hall–Kier alpha value is -3.98. The summed E-state index contributed by atoms with van der Waals surface area (Å²) in [7, 11) is 3.57. The first-order valence-corrected chi connectivity index (χ1v) is 11.2. The number of methoxy groups -OCH3 is 1. The lowest BCUT2D eigenvalue weighted by atomic mass is 10.1. The number of nitrogens with zero attached hydrogens (tertiary/aromatic N) is 4. The third kappa shape index (κ3) is 4.17. The number of hydrogen-bond donors (Lipinski definition) is 1. The van der Waals surface area contributed by atoms with Crippen molar-refractivity contribution in [2.75, 3.05) is 50.3 Å². The molecule has 0 radical (unpaired) electrons. The van der Waals surface area contributed by atoms with E-state index in [1.54, 1.807) is 13.2 Å². The predicted molar refractivity (Wildman–Crippen MR) is 129 cm³/mol. The van der Waals surface area contributed by atoms with E-state index in [-0.39, 0.29) is 11.6 Å². The molecule has 1 aliphatic heterocycles. The third-order valence-corrected chi connectivity index (χ3v) is 5.96. The number of ketones is 1. The standard InChI is InChI=1S/C25H26N6O3/c1-16-5-4-6-17(15-16)21(32)23-26-20-22(27-23)28-25(29-24(20)31-11-13-34-14-12-31)30(2)18-7-9-19(33-3)10-8-18/h4-10,15H,11-14H2,1-3H3,(H,26,27,28,29)/p+1. The van der Waals surface area contributed by atoms with Gasteiger partial charge >= 0.3 is 5.95 Å². The SMILES string of the molecule is COc1ccc(N(C)c2nc3nc(C(=O)c4cccc(C)c4)[nH]c3c(N3CCOCC3)[nH+]2)cc1. The molecule has 34 heavy (non-hydrogen) atoms. The molecule has 2 N–H and O–H groups in total. The van der Waals surface area contributed by atoms with Crippen LogP contribution < -0.4 is 19.5 Å². The van der Waals surface area contributed by atoms with Crippen molar-refractivity contribution >= 4 is 34.4 Å². The summed E-state index contributed by atoms with van der Waals surface area (Å²) in [6.07, 6.45) is 0. The quantitative estimate of drug-likeness (QED) is 0.443. The van der Waals surface area contributed by atoms with Gasteiger partial charge in [-0.15, -0.1) is 0 Å². The molecule has 2 aromatic carbocycles. The molecular weight excluding hydrogens is 432 g/mol. The average molecular weight is 460 g/mol. The first-order valence-electron chi connectivity index (χ1n) is 11.2. The number of morpholine rings is 1. The minimum Gasteiger partial charge on any atom is -0.497 e. The largest absolute Gasteiger partial charge is 0.497 e. The number of carbonyl (C=O) groups is 1. The Morgan fingerprint density at radius 1 is 1.15 bits per heavy atom. The topological polar surface area (TPSA) is 97.7 Å². The molecule has 0 unspecified atom stereocenters. The van der Waals surface area contributed by atoms with Crippen molar-refractivity contribution in [2.45, 2.75) is 6.92 Å². The van der Waals surface area contributed by atoms with Gasteiger partial charge in [-0.3, -0.25) is 9.69 Å². The molecule has 1 saturated heterocycles. The Balaban J connectivity index is 1.59. The molecule has 1 aliphatic rings. The molecule has 0 saturated carbocycles. The lowest BCUT2D eigenvalue weighted by molar-refractivity contribution is -0.351. The molecule has 3 heterocycles. The average Bonchev–Trinajstić information content (AvgIpc) is 3.32. The summed E-state index contributed by atoms with van der Waals surface area (Å²) in [6, 6.07) is 15.2. The van der Waals surface area contributed by atoms with Crippen LogP contribution >= 0.6 is 0 Å². The van der Waals surface area contributed by atoms with Gasteiger partial charge < -0.3 is 19.4 Å². The number of imidazole rings is 1. The van der Waals surface area contributed by atoms with Crippen LogP contribution in [0.5, 0.6) is 5.75 Å². The maximum atomic E-state index is 13.2. The summed E-state index contributed by atoms with van der Waals surface area (Å²) in [5.74, 6) is 2.32. The van der Waals surface area contributed by atoms with E-state index < -0.39 is 0 Å². The molecule has 5 rings (SSSR count). The summed E-state index contributed by atoms with van der Waals surface area (Å²) in [4.78, 5) is 33.3. The molecule has 0 atom stereocenters. The monoisotopic (exact) mass is 459 g/mol. The van der Waals surface area contributed by atoms with Crippen molar-refractivity contribution in [3.63, 3.8) is 0 Å². The van der Waals surface area contributed by atoms with Crippen LogP contribution in [0, 0.1) is 6.92 Å². The van der Waals surface area contributed by atoms with Gasteiger partial charge in [-0.05, 0) is 37.3 Å². The van der Waals surface area contributed by atoms with Crippen LogP contribution in [0.2, 0.25) is 0 Å². The highest BCUT2D eigenvalue weighted by molar-refractivity contribution is 6.08. The third-order valence-electron chi connectivity index (χ3n) is 5.96. The van der Waals surface area contributed by atoms with Gasteiger partial charge in [-0.25, -0.2) is 4.98 Å². The zero-order valence-corrected chi connectivity index (χ0v) is 19.5. The number of aromatic nitrogens is 4. The Morgan fingerprint density at radius 3 is 2.62 bits per heavy atom. The number of aryl methyl sites for hydroxylation is 1. The van der Waals surface area contributed by atoms with Crippen LogP contribution in [0.3, 0.4) is 0 Å². The Labute approximate surface area is 197 Å². The van der Waals surface area contributed by atoms with Gasteiger partial charge in [0.1, 0.15) is 5.75 Å². The summed E-state index contributed by atoms with van der Waals surface area (Å²) in [6.45, 7) is 4.67. The van der Waals surface area contributed by atoms with E-state index in [4.69, 9.17) is 14.5 Å². The molecule has 9 nitrogen and oxygen atoms in total. The van der Waals surface area contributed by atoms with Gasteiger partial charge in [0.05, 0.1) is 39.1 Å². The number of ether oxygens (including phenoxy) is 2. The van der Waals surface area contributed by atoms with Crippen molar-refractivity contribution < 1.29 is 19.3 Å². The second-order valence-corrected chi connectivity index (χ2v) is 8.25. The van der Waals surface area contributed by atoms with Gasteiger partial charge in [-0.2, -0.15) is 4.98 Å². The fourth-order valence-electron chi connectivity index (χ4n) is 4.05. The smallest absolute Gasteiger partial charge is 0.354 e. The number of rotatable bonds is 6. The predicted octanol–water partition coefficient (Wildman–Crippen LogP) is 2.92. The molecule has 0 bridgehead atoms. The molecule has 0 spiro atoms. The van der Waals surface area contributed by atoms with Crippen LogP contribution in [0.1, 0.15) is 21.7 Å². The van der Waals surface area contributed by atoms with E-state index in [1.165, 1.54) is 0 Å². The number of carbonyl (C=O) groups excluding carboxylic acids is 1. The molecule has 1 fully saturated rings. The number of benzene rings is 2. The molecule has 174 valence electrons. The van der Waals surface area contributed by atoms with E-state index >= 15 is 0 Å². The van der Waals surface area contributed by atoms with Gasteiger partial charge in [0.15, 0.2) is 11.3 Å². The van der Waals surface area contributed by atoms with Crippen LogP contribution in [-0.2, 0) is 4.74 Å². The van der Waals surface area contributed by atoms with Crippen molar-refractivity contribution in [3.8, 4) is 5.75 Å². The Morgan fingerprint density at radius 2 is 1.91 bits per heavy atom.